The maximum absolute atomic E-state index is 14.0. The van der Waals surface area contributed by atoms with Gasteiger partial charge in [0.2, 0.25) is 5.89 Å². The fraction of sp³-hybridized carbons (Fsp3) is 0.348. The molecule has 0 N–H and O–H groups in total. The van der Waals surface area contributed by atoms with Crippen LogP contribution in [-0.2, 0) is 6.42 Å². The summed E-state index contributed by atoms with van der Waals surface area (Å²) in [5.41, 5.74) is 3.40. The Labute approximate surface area is 159 Å². The predicted octanol–water partition coefficient (Wildman–Crippen LogP) is 5.48. The topological polar surface area (TPSA) is 29.3 Å². The van der Waals surface area contributed by atoms with Crippen LogP contribution in [0.2, 0.25) is 0 Å². The molecule has 1 aromatic heterocycles. The van der Waals surface area contributed by atoms with Gasteiger partial charge in [-0.05, 0) is 57.0 Å². The molecule has 27 heavy (non-hydrogen) atoms. The number of hydrogen-bond acceptors (Lipinski definition) is 3. The highest BCUT2D eigenvalue weighted by molar-refractivity contribution is 5.67. The first-order chi connectivity index (χ1) is 13.1. The summed E-state index contributed by atoms with van der Waals surface area (Å²) in [5, 5.41) is 0. The number of benzene rings is 2. The van der Waals surface area contributed by atoms with E-state index in [-0.39, 0.29) is 5.82 Å². The van der Waals surface area contributed by atoms with Gasteiger partial charge in [-0.1, -0.05) is 30.3 Å². The summed E-state index contributed by atoms with van der Waals surface area (Å²) in [6.45, 7) is 6.49. The lowest BCUT2D eigenvalue weighted by atomic mass is 10.0. The minimum atomic E-state index is -0.212. The Kier molecular flexibility index (Phi) is 5.08. The Bertz CT molecular complexity index is 916. The van der Waals surface area contributed by atoms with Crippen molar-refractivity contribution in [2.75, 3.05) is 13.1 Å². The second-order valence-electron chi connectivity index (χ2n) is 7.36. The molecule has 1 saturated heterocycles. The third-order valence-electron chi connectivity index (χ3n) is 5.54. The van der Waals surface area contributed by atoms with Gasteiger partial charge in [-0.2, -0.15) is 0 Å². The van der Waals surface area contributed by atoms with E-state index in [0.717, 1.165) is 35.5 Å². The molecule has 0 radical (unpaired) electrons. The zero-order chi connectivity index (χ0) is 18.8. The Morgan fingerprint density at radius 3 is 2.56 bits per heavy atom. The summed E-state index contributed by atoms with van der Waals surface area (Å²) in [7, 11) is 0. The van der Waals surface area contributed by atoms with Crippen LogP contribution in [0.4, 0.5) is 4.39 Å². The second-order valence-corrected chi connectivity index (χ2v) is 7.36. The Hall–Kier alpha value is -2.46. The van der Waals surface area contributed by atoms with Gasteiger partial charge in [-0.15, -0.1) is 0 Å². The van der Waals surface area contributed by atoms with E-state index < -0.39 is 0 Å². The fourth-order valence-corrected chi connectivity index (χ4v) is 3.85. The molecule has 0 spiro atoms. The molecule has 0 bridgehead atoms. The number of nitrogens with zero attached hydrogens (tertiary/aromatic N) is 2. The third kappa shape index (κ3) is 3.81. The van der Waals surface area contributed by atoms with Crippen molar-refractivity contribution in [1.82, 2.24) is 9.88 Å². The number of likely N-dealkylation sites (tertiary alicyclic amines) is 1. The van der Waals surface area contributed by atoms with Gasteiger partial charge in [-0.25, -0.2) is 9.37 Å². The van der Waals surface area contributed by atoms with Crippen LogP contribution in [0.1, 0.15) is 31.2 Å². The van der Waals surface area contributed by atoms with E-state index in [1.54, 1.807) is 12.1 Å². The van der Waals surface area contributed by atoms with Gasteiger partial charge < -0.3 is 9.32 Å². The van der Waals surface area contributed by atoms with E-state index >= 15 is 0 Å². The summed E-state index contributed by atoms with van der Waals surface area (Å²) in [5.74, 6) is 1.31. The molecule has 3 aromatic rings. The Balaban J connectivity index is 1.49. The van der Waals surface area contributed by atoms with E-state index in [2.05, 4.69) is 11.8 Å². The van der Waals surface area contributed by atoms with Crippen LogP contribution in [-0.4, -0.2) is 29.0 Å². The maximum Gasteiger partial charge on any atom is 0.226 e. The van der Waals surface area contributed by atoms with Crippen molar-refractivity contribution in [2.24, 2.45) is 0 Å². The summed E-state index contributed by atoms with van der Waals surface area (Å²) >= 11 is 0. The highest BCUT2D eigenvalue weighted by Gasteiger charge is 2.21. The summed E-state index contributed by atoms with van der Waals surface area (Å²) in [4.78, 5) is 7.24. The molecule has 0 saturated carbocycles. The smallest absolute Gasteiger partial charge is 0.226 e. The summed E-state index contributed by atoms with van der Waals surface area (Å²) in [6, 6.07) is 15.2. The number of rotatable bonds is 5. The van der Waals surface area contributed by atoms with Crippen LogP contribution in [0.15, 0.2) is 52.9 Å². The van der Waals surface area contributed by atoms with Crippen molar-refractivity contribution in [3.63, 3.8) is 0 Å². The zero-order valence-electron chi connectivity index (χ0n) is 15.9. The quantitative estimate of drug-likeness (QED) is 0.600. The van der Waals surface area contributed by atoms with Crippen LogP contribution in [0.3, 0.4) is 0 Å². The van der Waals surface area contributed by atoms with Crippen molar-refractivity contribution >= 4 is 0 Å². The second kappa shape index (κ2) is 7.65. The van der Waals surface area contributed by atoms with Gasteiger partial charge in [0.05, 0.1) is 5.69 Å². The van der Waals surface area contributed by atoms with E-state index in [0.29, 0.717) is 17.5 Å². The summed E-state index contributed by atoms with van der Waals surface area (Å²) in [6.07, 6.45) is 3.49. The van der Waals surface area contributed by atoms with Gasteiger partial charge in [0, 0.05) is 30.1 Å². The van der Waals surface area contributed by atoms with Crippen molar-refractivity contribution in [2.45, 2.75) is 39.2 Å². The molecule has 1 aliphatic heterocycles. The van der Waals surface area contributed by atoms with Crippen LogP contribution in [0.5, 0.6) is 0 Å². The van der Waals surface area contributed by atoms with E-state index in [4.69, 9.17) is 9.40 Å². The van der Waals surface area contributed by atoms with E-state index in [1.165, 1.54) is 25.5 Å². The zero-order valence-corrected chi connectivity index (χ0v) is 15.9. The van der Waals surface area contributed by atoms with E-state index in [1.807, 2.05) is 37.3 Å². The molecule has 1 unspecified atom stereocenters. The number of aromatic nitrogens is 1. The van der Waals surface area contributed by atoms with Crippen LogP contribution in [0.25, 0.3) is 22.6 Å². The minimum absolute atomic E-state index is 0.212. The lowest BCUT2D eigenvalue weighted by molar-refractivity contribution is 0.271. The van der Waals surface area contributed by atoms with Crippen LogP contribution >= 0.6 is 0 Å². The molecule has 2 aromatic carbocycles. The fourth-order valence-electron chi connectivity index (χ4n) is 3.85. The average Bonchev–Trinajstić information content (AvgIpc) is 3.26. The monoisotopic (exact) mass is 364 g/mol. The first-order valence-corrected chi connectivity index (χ1v) is 9.67. The molecule has 4 heteroatoms. The lowest BCUT2D eigenvalue weighted by Gasteiger charge is -2.20. The standard InChI is InChI=1S/C23H25FN2O/c1-16-6-5-14-26(16)15-13-22-17(2)27-23(25-22)19-11-9-18(10-12-19)20-7-3-4-8-21(20)24/h3-4,7-12,16H,5-6,13-15H2,1-2H3. The van der Waals surface area contributed by atoms with Gasteiger partial charge in [-0.3, -0.25) is 0 Å². The molecule has 4 rings (SSSR count). The predicted molar refractivity (Wildman–Crippen MR) is 106 cm³/mol. The number of halogens is 1. The highest BCUT2D eigenvalue weighted by Crippen LogP contribution is 2.27. The first kappa shape index (κ1) is 17.9. The number of aryl methyl sites for hydroxylation is 1. The SMILES string of the molecule is Cc1oc(-c2ccc(-c3ccccc3F)cc2)nc1CCN1CCCC1C. The Morgan fingerprint density at radius 2 is 1.85 bits per heavy atom. The molecule has 1 fully saturated rings. The van der Waals surface area contributed by atoms with Crippen molar-refractivity contribution in [3.8, 4) is 22.6 Å². The molecule has 2 heterocycles. The molecule has 3 nitrogen and oxygen atoms in total. The van der Waals surface area contributed by atoms with Crippen molar-refractivity contribution < 1.29 is 8.81 Å². The molecule has 0 aliphatic carbocycles. The first-order valence-electron chi connectivity index (χ1n) is 9.67. The average molecular weight is 364 g/mol. The number of oxazole rings is 1. The minimum Gasteiger partial charge on any atom is -0.441 e. The highest BCUT2D eigenvalue weighted by atomic mass is 19.1. The molecular weight excluding hydrogens is 339 g/mol. The number of hydrogen-bond donors (Lipinski definition) is 0. The third-order valence-corrected chi connectivity index (χ3v) is 5.54. The van der Waals surface area contributed by atoms with Gasteiger partial charge in [0.15, 0.2) is 0 Å². The van der Waals surface area contributed by atoms with E-state index in [9.17, 15) is 4.39 Å². The van der Waals surface area contributed by atoms with Gasteiger partial charge in [0.25, 0.3) is 0 Å². The Morgan fingerprint density at radius 1 is 1.11 bits per heavy atom. The van der Waals surface area contributed by atoms with Crippen molar-refractivity contribution in [3.05, 3.63) is 65.8 Å². The van der Waals surface area contributed by atoms with Gasteiger partial charge >= 0.3 is 0 Å². The molecule has 140 valence electrons. The maximum atomic E-state index is 14.0. The molecule has 1 aliphatic rings. The molecule has 0 amide bonds. The normalized spacial score (nSPS) is 17.5. The summed E-state index contributed by atoms with van der Waals surface area (Å²) < 4.78 is 19.9. The van der Waals surface area contributed by atoms with Crippen LogP contribution in [0, 0.1) is 12.7 Å². The largest absolute Gasteiger partial charge is 0.441 e. The molecule has 1 atom stereocenters. The van der Waals surface area contributed by atoms with Gasteiger partial charge in [0.1, 0.15) is 11.6 Å². The van der Waals surface area contributed by atoms with Crippen molar-refractivity contribution in [1.29, 1.82) is 0 Å². The van der Waals surface area contributed by atoms with Crippen LogP contribution < -0.4 is 0 Å². The molecular formula is C23H25FN2O. The lowest BCUT2D eigenvalue weighted by Crippen LogP contribution is -2.29.